The van der Waals surface area contributed by atoms with Crippen LogP contribution in [0.25, 0.3) is 27.8 Å². The normalized spacial score (nSPS) is 11.1. The molecule has 0 radical (unpaired) electrons. The van der Waals surface area contributed by atoms with Gasteiger partial charge in [-0.3, -0.25) is 0 Å². The molecule has 0 fully saturated rings. The van der Waals surface area contributed by atoms with Gasteiger partial charge in [0, 0.05) is 34.0 Å². The Bertz CT molecular complexity index is 1350. The summed E-state index contributed by atoms with van der Waals surface area (Å²) in [6.45, 7) is 0.744. The maximum absolute atomic E-state index is 6.11. The molecule has 0 bridgehead atoms. The lowest BCUT2D eigenvalue weighted by Crippen LogP contribution is -2.07. The first-order valence-electron chi connectivity index (χ1n) is 10.3. The van der Waals surface area contributed by atoms with Gasteiger partial charge in [0.25, 0.3) is 0 Å². The number of nitrogens with zero attached hydrogens (tertiary/aromatic N) is 3. The third kappa shape index (κ3) is 4.20. The Morgan fingerprint density at radius 3 is 2.19 bits per heavy atom. The lowest BCUT2D eigenvalue weighted by atomic mass is 10.1. The van der Waals surface area contributed by atoms with Crippen LogP contribution in [0.15, 0.2) is 91.4 Å². The van der Waals surface area contributed by atoms with E-state index in [-0.39, 0.29) is 0 Å². The molecule has 0 unspecified atom stereocenters. The Kier molecular flexibility index (Phi) is 5.80. The van der Waals surface area contributed by atoms with Gasteiger partial charge in [-0.1, -0.05) is 65.7 Å². The van der Waals surface area contributed by atoms with Crippen molar-refractivity contribution in [3.63, 3.8) is 0 Å². The SMILES string of the molecule is Clc1ccc(CCNc2ncnc3c2c(-c2ccccc2)cn3-c2ccc(Cl)cc2)cc1. The van der Waals surface area contributed by atoms with Crippen molar-refractivity contribution in [1.29, 1.82) is 0 Å². The second kappa shape index (κ2) is 9.03. The second-order valence-electron chi connectivity index (χ2n) is 7.48. The van der Waals surface area contributed by atoms with Gasteiger partial charge in [0.15, 0.2) is 5.65 Å². The van der Waals surface area contributed by atoms with Crippen molar-refractivity contribution < 1.29 is 0 Å². The highest BCUT2D eigenvalue weighted by Crippen LogP contribution is 2.35. The van der Waals surface area contributed by atoms with E-state index in [0.29, 0.717) is 5.02 Å². The lowest BCUT2D eigenvalue weighted by Gasteiger charge is -2.09. The van der Waals surface area contributed by atoms with E-state index < -0.39 is 0 Å². The average Bonchev–Trinajstić information content (AvgIpc) is 3.22. The van der Waals surface area contributed by atoms with Gasteiger partial charge in [0.2, 0.25) is 0 Å². The largest absolute Gasteiger partial charge is 0.369 e. The Hall–Kier alpha value is -3.34. The van der Waals surface area contributed by atoms with E-state index in [1.807, 2.05) is 66.7 Å². The molecule has 5 aromatic rings. The highest BCUT2D eigenvalue weighted by atomic mass is 35.5. The fraction of sp³-hybridized carbons (Fsp3) is 0.0769. The Labute approximate surface area is 196 Å². The van der Waals surface area contributed by atoms with Crippen LogP contribution in [-0.4, -0.2) is 21.1 Å². The molecule has 3 aromatic carbocycles. The fourth-order valence-corrected chi connectivity index (χ4v) is 4.06. The number of hydrogen-bond donors (Lipinski definition) is 1. The highest BCUT2D eigenvalue weighted by molar-refractivity contribution is 6.30. The minimum atomic E-state index is 0.702. The number of fused-ring (bicyclic) bond motifs is 1. The van der Waals surface area contributed by atoms with Gasteiger partial charge >= 0.3 is 0 Å². The van der Waals surface area contributed by atoms with E-state index >= 15 is 0 Å². The molecule has 0 aliphatic rings. The molecule has 0 saturated carbocycles. The number of hydrogen-bond acceptors (Lipinski definition) is 3. The maximum Gasteiger partial charge on any atom is 0.150 e. The minimum absolute atomic E-state index is 0.702. The zero-order valence-electron chi connectivity index (χ0n) is 17.2. The zero-order valence-corrected chi connectivity index (χ0v) is 18.7. The third-order valence-corrected chi connectivity index (χ3v) is 5.90. The molecule has 0 atom stereocenters. The van der Waals surface area contributed by atoms with Crippen LogP contribution in [0.5, 0.6) is 0 Å². The molecule has 0 aliphatic heterocycles. The summed E-state index contributed by atoms with van der Waals surface area (Å²) in [5.74, 6) is 0.815. The summed E-state index contributed by atoms with van der Waals surface area (Å²) in [5.41, 5.74) is 5.24. The first-order chi connectivity index (χ1) is 15.7. The summed E-state index contributed by atoms with van der Waals surface area (Å²) in [7, 11) is 0. The van der Waals surface area contributed by atoms with Gasteiger partial charge in [-0.2, -0.15) is 0 Å². The molecule has 158 valence electrons. The molecule has 0 spiro atoms. The van der Waals surface area contributed by atoms with Crippen LogP contribution in [0.3, 0.4) is 0 Å². The molecule has 5 rings (SSSR count). The molecule has 32 heavy (non-hydrogen) atoms. The van der Waals surface area contributed by atoms with E-state index in [1.165, 1.54) is 5.56 Å². The number of halogens is 2. The van der Waals surface area contributed by atoms with Gasteiger partial charge in [0.05, 0.1) is 5.39 Å². The second-order valence-corrected chi connectivity index (χ2v) is 8.35. The van der Waals surface area contributed by atoms with Gasteiger partial charge in [-0.05, 0) is 53.9 Å². The highest BCUT2D eigenvalue weighted by Gasteiger charge is 2.17. The number of rotatable bonds is 6. The third-order valence-electron chi connectivity index (χ3n) is 5.39. The molecule has 0 saturated heterocycles. The summed E-state index contributed by atoms with van der Waals surface area (Å²) in [6, 6.07) is 26.0. The zero-order chi connectivity index (χ0) is 21.9. The molecule has 6 heteroatoms. The number of anilines is 1. The molecule has 2 aromatic heterocycles. The predicted molar refractivity (Wildman–Crippen MR) is 133 cm³/mol. The van der Waals surface area contributed by atoms with Crippen molar-refractivity contribution in [2.45, 2.75) is 6.42 Å². The molecular weight excluding hydrogens is 439 g/mol. The first-order valence-corrected chi connectivity index (χ1v) is 11.1. The maximum atomic E-state index is 6.11. The van der Waals surface area contributed by atoms with E-state index in [9.17, 15) is 0 Å². The van der Waals surface area contributed by atoms with Crippen LogP contribution >= 0.6 is 23.2 Å². The Balaban J connectivity index is 1.56. The lowest BCUT2D eigenvalue weighted by molar-refractivity contribution is 1.00. The van der Waals surface area contributed by atoms with Crippen molar-refractivity contribution in [3.05, 3.63) is 107 Å². The monoisotopic (exact) mass is 458 g/mol. The van der Waals surface area contributed by atoms with Crippen molar-refractivity contribution in [2.24, 2.45) is 0 Å². The average molecular weight is 459 g/mol. The molecule has 0 aliphatic carbocycles. The number of nitrogens with one attached hydrogen (secondary N) is 1. The first kappa shape index (κ1) is 20.6. The standard InChI is InChI=1S/C26H20Cl2N4/c27-20-8-6-18(7-9-20)14-15-29-25-24-23(19-4-2-1-3-5-19)16-32(26(24)31-17-30-25)22-12-10-21(28)11-13-22/h1-13,16-17H,14-15H2,(H,29,30,31). The number of benzene rings is 3. The van der Waals surface area contributed by atoms with Gasteiger partial charge < -0.3 is 9.88 Å². The van der Waals surface area contributed by atoms with E-state index in [2.05, 4.69) is 38.2 Å². The quantitative estimate of drug-likeness (QED) is 0.296. The van der Waals surface area contributed by atoms with Crippen molar-refractivity contribution in [1.82, 2.24) is 14.5 Å². The minimum Gasteiger partial charge on any atom is -0.369 e. The Morgan fingerprint density at radius 1 is 0.781 bits per heavy atom. The molecule has 4 nitrogen and oxygen atoms in total. The van der Waals surface area contributed by atoms with Gasteiger partial charge in [-0.25, -0.2) is 9.97 Å². The van der Waals surface area contributed by atoms with Crippen LogP contribution in [0, 0.1) is 0 Å². The van der Waals surface area contributed by atoms with E-state index in [0.717, 1.165) is 51.7 Å². The molecule has 2 heterocycles. The molecule has 1 N–H and O–H groups in total. The summed E-state index contributed by atoms with van der Waals surface area (Å²) >= 11 is 12.1. The molecule has 0 amide bonds. The Morgan fingerprint density at radius 2 is 1.47 bits per heavy atom. The summed E-state index contributed by atoms with van der Waals surface area (Å²) < 4.78 is 2.08. The van der Waals surface area contributed by atoms with Crippen LogP contribution in [0.2, 0.25) is 10.0 Å². The van der Waals surface area contributed by atoms with Crippen molar-refractivity contribution >= 4 is 40.1 Å². The van der Waals surface area contributed by atoms with Crippen LogP contribution < -0.4 is 5.32 Å². The van der Waals surface area contributed by atoms with Gasteiger partial charge in [-0.15, -0.1) is 0 Å². The van der Waals surface area contributed by atoms with Crippen LogP contribution in [-0.2, 0) is 6.42 Å². The summed E-state index contributed by atoms with van der Waals surface area (Å²) in [5, 5.41) is 5.95. The summed E-state index contributed by atoms with van der Waals surface area (Å²) in [4.78, 5) is 9.21. The summed E-state index contributed by atoms with van der Waals surface area (Å²) in [6.07, 6.45) is 4.58. The predicted octanol–water partition coefficient (Wildman–Crippen LogP) is 7.05. The fourth-order valence-electron chi connectivity index (χ4n) is 3.81. The smallest absolute Gasteiger partial charge is 0.150 e. The van der Waals surface area contributed by atoms with Crippen LogP contribution in [0.4, 0.5) is 5.82 Å². The van der Waals surface area contributed by atoms with Crippen LogP contribution in [0.1, 0.15) is 5.56 Å². The van der Waals surface area contributed by atoms with Crippen molar-refractivity contribution in [2.75, 3.05) is 11.9 Å². The topological polar surface area (TPSA) is 42.7 Å². The van der Waals surface area contributed by atoms with E-state index in [1.54, 1.807) is 6.33 Å². The van der Waals surface area contributed by atoms with E-state index in [4.69, 9.17) is 23.2 Å². The van der Waals surface area contributed by atoms with Gasteiger partial charge in [0.1, 0.15) is 12.1 Å². The van der Waals surface area contributed by atoms with Crippen molar-refractivity contribution in [3.8, 4) is 16.8 Å². The molecular formula is C26H20Cl2N4. The number of aromatic nitrogens is 3.